The topological polar surface area (TPSA) is 59.0 Å². The first-order chi connectivity index (χ1) is 9.88. The van der Waals surface area contributed by atoms with Crippen LogP contribution in [0.5, 0.6) is 5.75 Å². The second-order valence-electron chi connectivity index (χ2n) is 5.68. The smallest absolute Gasteiger partial charge is 0.260 e. The van der Waals surface area contributed by atoms with Crippen molar-refractivity contribution in [3.05, 3.63) is 29.6 Å². The predicted octanol–water partition coefficient (Wildman–Crippen LogP) is 1.45. The summed E-state index contributed by atoms with van der Waals surface area (Å²) in [4.78, 5) is 14.1. The standard InChI is InChI=1S/C15H20FNO4/c1-15(2)9-17(7-10(8-18)21-15)14(19)13-11(16)5-4-6-12(13)20-3/h4-6,10,18H,7-9H2,1-3H3. The average Bonchev–Trinajstić information content (AvgIpc) is 2.44. The quantitative estimate of drug-likeness (QED) is 0.917. The monoisotopic (exact) mass is 297 g/mol. The first-order valence-corrected chi connectivity index (χ1v) is 6.78. The van der Waals surface area contributed by atoms with Gasteiger partial charge in [0.2, 0.25) is 0 Å². The van der Waals surface area contributed by atoms with Gasteiger partial charge in [0.05, 0.1) is 25.4 Å². The largest absolute Gasteiger partial charge is 0.496 e. The van der Waals surface area contributed by atoms with Crippen LogP contribution in [-0.2, 0) is 4.74 Å². The van der Waals surface area contributed by atoms with E-state index in [1.165, 1.54) is 24.1 Å². The van der Waals surface area contributed by atoms with Crippen LogP contribution < -0.4 is 4.74 Å². The highest BCUT2D eigenvalue weighted by atomic mass is 19.1. The second kappa shape index (κ2) is 5.99. The number of amides is 1. The van der Waals surface area contributed by atoms with E-state index in [0.717, 1.165) is 0 Å². The molecule has 0 saturated carbocycles. The molecule has 21 heavy (non-hydrogen) atoms. The van der Waals surface area contributed by atoms with E-state index < -0.39 is 23.4 Å². The Kier molecular flexibility index (Phi) is 4.49. The van der Waals surface area contributed by atoms with Gasteiger partial charge in [0.1, 0.15) is 17.1 Å². The Morgan fingerprint density at radius 1 is 1.57 bits per heavy atom. The maximum absolute atomic E-state index is 14.0. The summed E-state index contributed by atoms with van der Waals surface area (Å²) < 4.78 is 24.7. The number of carbonyl (C=O) groups is 1. The lowest BCUT2D eigenvalue weighted by atomic mass is 10.0. The third kappa shape index (κ3) is 3.33. The molecule has 0 spiro atoms. The lowest BCUT2D eigenvalue weighted by molar-refractivity contribution is -0.139. The molecule has 0 aliphatic carbocycles. The molecule has 5 nitrogen and oxygen atoms in total. The number of carbonyl (C=O) groups excluding carboxylic acids is 1. The molecule has 1 aliphatic rings. The van der Waals surface area contributed by atoms with Crippen LogP contribution in [0.2, 0.25) is 0 Å². The van der Waals surface area contributed by atoms with Crippen LogP contribution in [0.3, 0.4) is 0 Å². The van der Waals surface area contributed by atoms with Crippen molar-refractivity contribution in [2.45, 2.75) is 25.6 Å². The van der Waals surface area contributed by atoms with E-state index in [9.17, 15) is 14.3 Å². The second-order valence-corrected chi connectivity index (χ2v) is 5.68. The van der Waals surface area contributed by atoms with Gasteiger partial charge in [-0.2, -0.15) is 0 Å². The molecule has 1 unspecified atom stereocenters. The molecular weight excluding hydrogens is 277 g/mol. The van der Waals surface area contributed by atoms with Gasteiger partial charge in [0, 0.05) is 13.1 Å². The number of aliphatic hydroxyl groups excluding tert-OH is 1. The number of morpholine rings is 1. The van der Waals surface area contributed by atoms with Crippen molar-refractivity contribution in [2.75, 3.05) is 26.8 Å². The normalized spacial score (nSPS) is 21.2. The average molecular weight is 297 g/mol. The number of rotatable bonds is 3. The van der Waals surface area contributed by atoms with Crippen LogP contribution in [-0.4, -0.2) is 54.4 Å². The van der Waals surface area contributed by atoms with Gasteiger partial charge >= 0.3 is 0 Å². The predicted molar refractivity (Wildman–Crippen MR) is 74.9 cm³/mol. The molecule has 1 atom stereocenters. The first-order valence-electron chi connectivity index (χ1n) is 6.78. The summed E-state index contributed by atoms with van der Waals surface area (Å²) in [5.74, 6) is -0.881. The summed E-state index contributed by atoms with van der Waals surface area (Å²) >= 11 is 0. The van der Waals surface area contributed by atoms with Crippen LogP contribution in [0.15, 0.2) is 18.2 Å². The number of methoxy groups -OCH3 is 1. The van der Waals surface area contributed by atoms with Gasteiger partial charge in [-0.1, -0.05) is 6.07 Å². The number of hydrogen-bond acceptors (Lipinski definition) is 4. The van der Waals surface area contributed by atoms with E-state index in [1.807, 2.05) is 13.8 Å². The van der Waals surface area contributed by atoms with Gasteiger partial charge in [0.25, 0.3) is 5.91 Å². The molecule has 0 radical (unpaired) electrons. The molecule has 116 valence electrons. The maximum Gasteiger partial charge on any atom is 0.260 e. The molecular formula is C15H20FNO4. The Labute approximate surface area is 123 Å². The van der Waals surface area contributed by atoms with Crippen molar-refractivity contribution in [3.63, 3.8) is 0 Å². The molecule has 1 amide bonds. The number of ether oxygens (including phenoxy) is 2. The fourth-order valence-electron chi connectivity index (χ4n) is 2.59. The van der Waals surface area contributed by atoms with E-state index in [-0.39, 0.29) is 24.5 Å². The molecule has 0 bridgehead atoms. The fraction of sp³-hybridized carbons (Fsp3) is 0.533. The van der Waals surface area contributed by atoms with Crippen LogP contribution >= 0.6 is 0 Å². The molecule has 1 heterocycles. The van der Waals surface area contributed by atoms with Crippen molar-refractivity contribution in [1.29, 1.82) is 0 Å². The molecule has 1 N–H and O–H groups in total. The summed E-state index contributed by atoms with van der Waals surface area (Å²) in [6, 6.07) is 4.26. The maximum atomic E-state index is 14.0. The first kappa shape index (κ1) is 15.7. The zero-order valence-corrected chi connectivity index (χ0v) is 12.4. The lowest BCUT2D eigenvalue weighted by Crippen LogP contribution is -2.55. The summed E-state index contributed by atoms with van der Waals surface area (Å²) in [5.41, 5.74) is -0.686. The molecule has 1 aromatic carbocycles. The molecule has 1 aromatic rings. The highest BCUT2D eigenvalue weighted by Crippen LogP contribution is 2.27. The Morgan fingerprint density at radius 3 is 2.90 bits per heavy atom. The van der Waals surface area contributed by atoms with E-state index in [2.05, 4.69) is 0 Å². The Bertz CT molecular complexity index is 532. The number of benzene rings is 1. The van der Waals surface area contributed by atoms with Gasteiger partial charge in [-0.25, -0.2) is 4.39 Å². The van der Waals surface area contributed by atoms with Gasteiger partial charge in [-0.3, -0.25) is 4.79 Å². The SMILES string of the molecule is COc1cccc(F)c1C(=O)N1CC(CO)OC(C)(C)C1. The Hall–Kier alpha value is -1.66. The molecule has 0 aromatic heterocycles. The number of nitrogens with zero attached hydrogens (tertiary/aromatic N) is 1. The summed E-state index contributed by atoms with van der Waals surface area (Å²) in [6.07, 6.45) is -0.476. The van der Waals surface area contributed by atoms with Crippen LogP contribution in [0.1, 0.15) is 24.2 Å². The Morgan fingerprint density at radius 2 is 2.29 bits per heavy atom. The Balaban J connectivity index is 2.31. The molecule has 2 rings (SSSR count). The fourth-order valence-corrected chi connectivity index (χ4v) is 2.59. The van der Waals surface area contributed by atoms with Gasteiger partial charge < -0.3 is 19.5 Å². The van der Waals surface area contributed by atoms with Crippen molar-refractivity contribution >= 4 is 5.91 Å². The molecule has 6 heteroatoms. The van der Waals surface area contributed by atoms with Crippen molar-refractivity contribution in [1.82, 2.24) is 4.90 Å². The van der Waals surface area contributed by atoms with Crippen molar-refractivity contribution < 1.29 is 23.8 Å². The van der Waals surface area contributed by atoms with Crippen molar-refractivity contribution in [2.24, 2.45) is 0 Å². The van der Waals surface area contributed by atoms with E-state index in [0.29, 0.717) is 6.54 Å². The summed E-state index contributed by atoms with van der Waals surface area (Å²) in [6.45, 7) is 4.00. The minimum atomic E-state index is -0.621. The third-order valence-corrected chi connectivity index (χ3v) is 3.38. The lowest BCUT2D eigenvalue weighted by Gasteiger charge is -2.42. The van der Waals surface area contributed by atoms with Gasteiger partial charge in [-0.05, 0) is 26.0 Å². The van der Waals surface area contributed by atoms with E-state index >= 15 is 0 Å². The minimum Gasteiger partial charge on any atom is -0.496 e. The molecule has 1 aliphatic heterocycles. The highest BCUT2D eigenvalue weighted by molar-refractivity contribution is 5.97. The zero-order valence-electron chi connectivity index (χ0n) is 12.4. The van der Waals surface area contributed by atoms with Gasteiger partial charge in [0.15, 0.2) is 0 Å². The van der Waals surface area contributed by atoms with Gasteiger partial charge in [-0.15, -0.1) is 0 Å². The van der Waals surface area contributed by atoms with E-state index in [1.54, 1.807) is 6.07 Å². The number of hydrogen-bond donors (Lipinski definition) is 1. The minimum absolute atomic E-state index is 0.0885. The van der Waals surface area contributed by atoms with Crippen LogP contribution in [0.4, 0.5) is 4.39 Å². The van der Waals surface area contributed by atoms with Crippen LogP contribution in [0.25, 0.3) is 0 Å². The highest BCUT2D eigenvalue weighted by Gasteiger charge is 2.37. The zero-order chi connectivity index (χ0) is 15.6. The third-order valence-electron chi connectivity index (χ3n) is 3.38. The number of aliphatic hydroxyl groups is 1. The molecule has 1 fully saturated rings. The van der Waals surface area contributed by atoms with Crippen molar-refractivity contribution in [3.8, 4) is 5.75 Å². The van der Waals surface area contributed by atoms with Crippen LogP contribution in [0, 0.1) is 5.82 Å². The summed E-state index contributed by atoms with van der Waals surface area (Å²) in [5, 5.41) is 9.29. The molecule has 1 saturated heterocycles. The summed E-state index contributed by atoms with van der Waals surface area (Å²) in [7, 11) is 1.39. The number of halogens is 1. The van der Waals surface area contributed by atoms with E-state index in [4.69, 9.17) is 9.47 Å².